The molecule has 4 nitrogen and oxygen atoms in total. The fourth-order valence-electron chi connectivity index (χ4n) is 2.47. The number of β-amino-alcohol motifs (C(OH)–C–C–N with tert-alkyl or cyclic N) is 1. The van der Waals surface area contributed by atoms with E-state index >= 15 is 0 Å². The Balaban J connectivity index is 1.98. The second kappa shape index (κ2) is 6.03. The van der Waals surface area contributed by atoms with Crippen LogP contribution in [-0.4, -0.2) is 41.1 Å². The molecule has 1 aliphatic rings. The van der Waals surface area contributed by atoms with Crippen LogP contribution in [0.15, 0.2) is 12.1 Å². The molecule has 0 radical (unpaired) electrons. The molecule has 1 saturated heterocycles. The van der Waals surface area contributed by atoms with Crippen LogP contribution in [0.5, 0.6) is 0 Å². The quantitative estimate of drug-likeness (QED) is 0.838. The standard InChI is InChI=1S/C14H17F3N2O2/c1-14(21)5-2-6-19(8-14)7-11(20)18-10-4-3-9(15)12(16)13(10)17/h3-4,21H,2,5-8H2,1H3,(H,18,20). The molecule has 1 aliphatic heterocycles. The highest BCUT2D eigenvalue weighted by Crippen LogP contribution is 2.21. The summed E-state index contributed by atoms with van der Waals surface area (Å²) in [6.45, 7) is 2.62. The van der Waals surface area contributed by atoms with Crippen molar-refractivity contribution < 1.29 is 23.1 Å². The zero-order valence-electron chi connectivity index (χ0n) is 11.6. The van der Waals surface area contributed by atoms with Gasteiger partial charge in [-0.3, -0.25) is 9.69 Å². The van der Waals surface area contributed by atoms with Crippen molar-refractivity contribution in [3.8, 4) is 0 Å². The van der Waals surface area contributed by atoms with Crippen LogP contribution in [-0.2, 0) is 4.79 Å². The van der Waals surface area contributed by atoms with E-state index in [0.29, 0.717) is 19.5 Å². The molecule has 0 saturated carbocycles. The predicted molar refractivity (Wildman–Crippen MR) is 71.2 cm³/mol. The molecule has 21 heavy (non-hydrogen) atoms. The average molecular weight is 302 g/mol. The van der Waals surface area contributed by atoms with Gasteiger partial charge in [0.2, 0.25) is 5.91 Å². The van der Waals surface area contributed by atoms with Gasteiger partial charge in [0, 0.05) is 6.54 Å². The van der Waals surface area contributed by atoms with Gasteiger partial charge in [-0.25, -0.2) is 13.2 Å². The highest BCUT2D eigenvalue weighted by molar-refractivity contribution is 5.92. The molecule has 0 spiro atoms. The number of rotatable bonds is 3. The first kappa shape index (κ1) is 15.8. The summed E-state index contributed by atoms with van der Waals surface area (Å²) >= 11 is 0. The molecule has 1 heterocycles. The van der Waals surface area contributed by atoms with Crippen LogP contribution >= 0.6 is 0 Å². The molecule has 1 aromatic rings. The summed E-state index contributed by atoms with van der Waals surface area (Å²) in [6, 6.07) is 1.72. The van der Waals surface area contributed by atoms with E-state index < -0.39 is 34.6 Å². The molecule has 116 valence electrons. The Kier molecular flexibility index (Phi) is 4.53. The lowest BCUT2D eigenvalue weighted by atomic mass is 9.95. The summed E-state index contributed by atoms with van der Waals surface area (Å²) in [7, 11) is 0. The predicted octanol–water partition coefficient (Wildman–Crippen LogP) is 1.89. The highest BCUT2D eigenvalue weighted by atomic mass is 19.2. The summed E-state index contributed by atoms with van der Waals surface area (Å²) in [6.07, 6.45) is 1.41. The van der Waals surface area contributed by atoms with E-state index in [4.69, 9.17) is 0 Å². The van der Waals surface area contributed by atoms with Gasteiger partial charge in [-0.05, 0) is 38.4 Å². The summed E-state index contributed by atoms with van der Waals surface area (Å²) in [5, 5.41) is 12.1. The molecule has 0 aliphatic carbocycles. The van der Waals surface area contributed by atoms with Gasteiger partial charge in [0.05, 0.1) is 17.8 Å². The van der Waals surface area contributed by atoms with Gasteiger partial charge in [0.15, 0.2) is 17.5 Å². The van der Waals surface area contributed by atoms with Crippen LogP contribution in [0.2, 0.25) is 0 Å². The van der Waals surface area contributed by atoms with Crippen molar-refractivity contribution in [1.29, 1.82) is 0 Å². The molecule has 2 N–H and O–H groups in total. The minimum atomic E-state index is -1.62. The second-order valence-corrected chi connectivity index (χ2v) is 5.58. The third-order valence-corrected chi connectivity index (χ3v) is 3.43. The Morgan fingerprint density at radius 1 is 1.38 bits per heavy atom. The molecule has 1 aromatic carbocycles. The number of aliphatic hydroxyl groups is 1. The van der Waals surface area contributed by atoms with E-state index in [1.807, 2.05) is 0 Å². The van der Waals surface area contributed by atoms with Crippen molar-refractivity contribution in [1.82, 2.24) is 4.90 Å². The van der Waals surface area contributed by atoms with E-state index in [0.717, 1.165) is 18.6 Å². The summed E-state index contributed by atoms with van der Waals surface area (Å²) in [5.41, 5.74) is -1.26. The summed E-state index contributed by atoms with van der Waals surface area (Å²) in [5.74, 6) is -4.89. The molecule has 1 amide bonds. The molecular formula is C14H17F3N2O2. The Morgan fingerprint density at radius 3 is 2.76 bits per heavy atom. The highest BCUT2D eigenvalue weighted by Gasteiger charge is 2.29. The molecule has 0 bridgehead atoms. The molecular weight excluding hydrogens is 285 g/mol. The number of amides is 1. The van der Waals surface area contributed by atoms with E-state index in [-0.39, 0.29) is 6.54 Å². The lowest BCUT2D eigenvalue weighted by molar-refractivity contribution is -0.118. The summed E-state index contributed by atoms with van der Waals surface area (Å²) < 4.78 is 39.3. The molecule has 7 heteroatoms. The van der Waals surface area contributed by atoms with Crippen LogP contribution < -0.4 is 5.32 Å². The largest absolute Gasteiger partial charge is 0.389 e. The van der Waals surface area contributed by atoms with Crippen LogP contribution in [0.4, 0.5) is 18.9 Å². The number of benzene rings is 1. The van der Waals surface area contributed by atoms with Crippen LogP contribution in [0.1, 0.15) is 19.8 Å². The van der Waals surface area contributed by atoms with Crippen molar-refractivity contribution in [2.75, 3.05) is 25.0 Å². The molecule has 2 rings (SSSR count). The normalized spacial score (nSPS) is 23.1. The number of hydrogen-bond donors (Lipinski definition) is 2. The Hall–Kier alpha value is -1.60. The number of nitrogens with zero attached hydrogens (tertiary/aromatic N) is 1. The molecule has 1 fully saturated rings. The van der Waals surface area contributed by atoms with Gasteiger partial charge in [-0.1, -0.05) is 0 Å². The number of carbonyl (C=O) groups excluding carboxylic acids is 1. The van der Waals surface area contributed by atoms with Gasteiger partial charge < -0.3 is 10.4 Å². The minimum Gasteiger partial charge on any atom is -0.389 e. The van der Waals surface area contributed by atoms with Gasteiger partial charge in [0.25, 0.3) is 0 Å². The fraction of sp³-hybridized carbons (Fsp3) is 0.500. The van der Waals surface area contributed by atoms with E-state index in [9.17, 15) is 23.1 Å². The summed E-state index contributed by atoms with van der Waals surface area (Å²) in [4.78, 5) is 13.6. The van der Waals surface area contributed by atoms with E-state index in [1.165, 1.54) is 0 Å². The van der Waals surface area contributed by atoms with E-state index in [1.54, 1.807) is 11.8 Å². The lowest BCUT2D eigenvalue weighted by Crippen LogP contribution is -2.48. The topological polar surface area (TPSA) is 52.6 Å². The zero-order chi connectivity index (χ0) is 15.6. The maximum Gasteiger partial charge on any atom is 0.238 e. The fourth-order valence-corrected chi connectivity index (χ4v) is 2.47. The third kappa shape index (κ3) is 3.95. The lowest BCUT2D eigenvalue weighted by Gasteiger charge is -2.36. The number of carbonyl (C=O) groups is 1. The van der Waals surface area contributed by atoms with Gasteiger partial charge >= 0.3 is 0 Å². The number of anilines is 1. The van der Waals surface area contributed by atoms with E-state index in [2.05, 4.69) is 5.32 Å². The number of likely N-dealkylation sites (tertiary alicyclic amines) is 1. The number of piperidine rings is 1. The van der Waals surface area contributed by atoms with Crippen molar-refractivity contribution >= 4 is 11.6 Å². The van der Waals surface area contributed by atoms with Crippen molar-refractivity contribution in [3.05, 3.63) is 29.6 Å². The van der Waals surface area contributed by atoms with Crippen molar-refractivity contribution in [2.45, 2.75) is 25.4 Å². The van der Waals surface area contributed by atoms with Crippen LogP contribution in [0.25, 0.3) is 0 Å². The van der Waals surface area contributed by atoms with Crippen LogP contribution in [0, 0.1) is 17.5 Å². The van der Waals surface area contributed by atoms with Crippen molar-refractivity contribution in [3.63, 3.8) is 0 Å². The number of halogens is 3. The smallest absolute Gasteiger partial charge is 0.238 e. The van der Waals surface area contributed by atoms with Crippen molar-refractivity contribution in [2.24, 2.45) is 0 Å². The SMILES string of the molecule is CC1(O)CCCN(CC(=O)Nc2ccc(F)c(F)c2F)C1. The first-order valence-corrected chi connectivity index (χ1v) is 6.66. The number of nitrogens with one attached hydrogen (secondary N) is 1. The molecule has 1 atom stereocenters. The monoisotopic (exact) mass is 302 g/mol. The van der Waals surface area contributed by atoms with Gasteiger partial charge in [0.1, 0.15) is 0 Å². The first-order chi connectivity index (χ1) is 9.78. The second-order valence-electron chi connectivity index (χ2n) is 5.58. The Morgan fingerprint density at radius 2 is 2.10 bits per heavy atom. The zero-order valence-corrected chi connectivity index (χ0v) is 11.6. The Bertz CT molecular complexity index is 549. The molecule has 1 unspecified atom stereocenters. The van der Waals surface area contributed by atoms with Gasteiger partial charge in [-0.2, -0.15) is 0 Å². The molecule has 0 aromatic heterocycles. The maximum absolute atomic E-state index is 13.4. The Labute approximate surface area is 120 Å². The maximum atomic E-state index is 13.4. The number of hydrogen-bond acceptors (Lipinski definition) is 3. The minimum absolute atomic E-state index is 0.0470. The third-order valence-electron chi connectivity index (χ3n) is 3.43. The van der Waals surface area contributed by atoms with Gasteiger partial charge in [-0.15, -0.1) is 0 Å². The van der Waals surface area contributed by atoms with Crippen LogP contribution in [0.3, 0.4) is 0 Å². The first-order valence-electron chi connectivity index (χ1n) is 6.66. The average Bonchev–Trinajstić information content (AvgIpc) is 2.38.